The second kappa shape index (κ2) is 4.91. The highest BCUT2D eigenvalue weighted by Crippen LogP contribution is 2.27. The summed E-state index contributed by atoms with van der Waals surface area (Å²) >= 11 is 0. The Balaban J connectivity index is 2.16. The maximum absolute atomic E-state index is 12.2. The molecule has 1 saturated heterocycles. The maximum atomic E-state index is 12.2. The Bertz CT molecular complexity index is 513. The predicted octanol–water partition coefficient (Wildman–Crippen LogP) is 1.89. The van der Waals surface area contributed by atoms with Gasteiger partial charge in [-0.1, -0.05) is 18.2 Å². The van der Waals surface area contributed by atoms with Gasteiger partial charge >= 0.3 is 6.36 Å². The lowest BCUT2D eigenvalue weighted by Gasteiger charge is -2.18. The van der Waals surface area contributed by atoms with Gasteiger partial charge in [0.25, 0.3) is 0 Å². The number of hydrogen-bond acceptors (Lipinski definition) is 3. The summed E-state index contributed by atoms with van der Waals surface area (Å²) in [5.41, 5.74) is 0.211. The molecule has 0 aromatic heterocycles. The van der Waals surface area contributed by atoms with E-state index in [9.17, 15) is 22.8 Å². The summed E-state index contributed by atoms with van der Waals surface area (Å²) in [4.78, 5) is 23.7. The van der Waals surface area contributed by atoms with E-state index in [0.29, 0.717) is 0 Å². The van der Waals surface area contributed by atoms with Crippen LogP contribution in [0.25, 0.3) is 0 Å². The van der Waals surface area contributed by atoms with Crippen molar-refractivity contribution < 1.29 is 27.5 Å². The standard InChI is InChI=1S/C12H10F3NO3/c13-12(14,15)19-10-4-2-1-3-8(10)6-16-7-9(17)5-11(16)18/h1-4H,5-7H2. The molecule has 0 saturated carbocycles. The molecule has 7 heteroatoms. The fraction of sp³-hybridized carbons (Fsp3) is 0.333. The summed E-state index contributed by atoms with van der Waals surface area (Å²) in [6.07, 6.45) is -4.98. The minimum Gasteiger partial charge on any atom is -0.405 e. The number of hydrogen-bond donors (Lipinski definition) is 0. The molecule has 0 spiro atoms. The lowest BCUT2D eigenvalue weighted by atomic mass is 10.2. The first-order valence-corrected chi connectivity index (χ1v) is 5.48. The molecule has 19 heavy (non-hydrogen) atoms. The van der Waals surface area contributed by atoms with Crippen LogP contribution in [0.4, 0.5) is 13.2 Å². The van der Waals surface area contributed by atoms with Crippen molar-refractivity contribution in [3.05, 3.63) is 29.8 Å². The number of ether oxygens (including phenoxy) is 1. The Hall–Kier alpha value is -2.05. The topological polar surface area (TPSA) is 46.6 Å². The minimum atomic E-state index is -4.79. The summed E-state index contributed by atoms with van der Waals surface area (Å²) in [5, 5.41) is 0. The van der Waals surface area contributed by atoms with Crippen LogP contribution in [0.3, 0.4) is 0 Å². The number of nitrogens with zero attached hydrogens (tertiary/aromatic N) is 1. The molecule has 0 bridgehead atoms. The first kappa shape index (κ1) is 13.4. The van der Waals surface area contributed by atoms with Crippen LogP contribution in [0, 0.1) is 0 Å². The third kappa shape index (κ3) is 3.46. The molecule has 1 heterocycles. The average Bonchev–Trinajstić information content (AvgIpc) is 2.58. The quantitative estimate of drug-likeness (QED) is 0.790. The first-order chi connectivity index (χ1) is 8.85. The van der Waals surface area contributed by atoms with Crippen LogP contribution in [0.5, 0.6) is 5.75 Å². The van der Waals surface area contributed by atoms with Crippen molar-refractivity contribution in [3.8, 4) is 5.75 Å². The predicted molar refractivity (Wildman–Crippen MR) is 58.2 cm³/mol. The third-order valence-corrected chi connectivity index (χ3v) is 2.63. The fourth-order valence-corrected chi connectivity index (χ4v) is 1.85. The second-order valence-corrected chi connectivity index (χ2v) is 4.12. The van der Waals surface area contributed by atoms with Gasteiger partial charge in [0.15, 0.2) is 5.78 Å². The molecular formula is C12H10F3NO3. The molecule has 1 fully saturated rings. The van der Waals surface area contributed by atoms with Crippen molar-refractivity contribution in [1.29, 1.82) is 0 Å². The number of Topliss-reactive ketones (excluding diaryl/α,β-unsaturated/α-hetero) is 1. The number of carbonyl (C=O) groups is 2. The lowest BCUT2D eigenvalue weighted by Crippen LogP contribution is -2.26. The lowest BCUT2D eigenvalue weighted by molar-refractivity contribution is -0.275. The summed E-state index contributed by atoms with van der Waals surface area (Å²) in [7, 11) is 0. The highest BCUT2D eigenvalue weighted by molar-refractivity contribution is 6.05. The fourth-order valence-electron chi connectivity index (χ4n) is 1.85. The molecule has 102 valence electrons. The normalized spacial score (nSPS) is 16.1. The van der Waals surface area contributed by atoms with Gasteiger partial charge in [-0.05, 0) is 6.07 Å². The smallest absolute Gasteiger partial charge is 0.405 e. The van der Waals surface area contributed by atoms with Gasteiger partial charge < -0.3 is 9.64 Å². The molecule has 4 nitrogen and oxygen atoms in total. The summed E-state index contributed by atoms with van der Waals surface area (Å²) in [5.74, 6) is -0.979. The number of ketones is 1. The van der Waals surface area contributed by atoms with Crippen LogP contribution in [0.2, 0.25) is 0 Å². The molecule has 1 aliphatic heterocycles. The Morgan fingerprint density at radius 2 is 1.89 bits per heavy atom. The number of alkyl halides is 3. The van der Waals surface area contributed by atoms with E-state index in [1.54, 1.807) is 6.07 Å². The highest BCUT2D eigenvalue weighted by Gasteiger charge is 2.33. The number of para-hydroxylation sites is 1. The number of benzene rings is 1. The minimum absolute atomic E-state index is 0.0703. The summed E-state index contributed by atoms with van der Waals surface area (Å²) in [6, 6.07) is 5.55. The van der Waals surface area contributed by atoms with Crippen LogP contribution in [0.1, 0.15) is 12.0 Å². The van der Waals surface area contributed by atoms with Gasteiger partial charge in [-0.3, -0.25) is 9.59 Å². The number of carbonyl (C=O) groups excluding carboxylic acids is 2. The summed E-state index contributed by atoms with van der Waals surface area (Å²) < 4.78 is 40.5. The second-order valence-electron chi connectivity index (χ2n) is 4.12. The third-order valence-electron chi connectivity index (χ3n) is 2.63. The average molecular weight is 273 g/mol. The van der Waals surface area contributed by atoms with Crippen molar-refractivity contribution in [2.45, 2.75) is 19.3 Å². The zero-order valence-corrected chi connectivity index (χ0v) is 9.74. The van der Waals surface area contributed by atoms with E-state index in [1.165, 1.54) is 23.1 Å². The van der Waals surface area contributed by atoms with Crippen LogP contribution in [-0.4, -0.2) is 29.5 Å². The number of likely N-dealkylation sites (tertiary alicyclic amines) is 1. The Labute approximate surface area is 106 Å². The Morgan fingerprint density at radius 3 is 2.47 bits per heavy atom. The van der Waals surface area contributed by atoms with Gasteiger partial charge in [-0.15, -0.1) is 13.2 Å². The number of rotatable bonds is 3. The van der Waals surface area contributed by atoms with E-state index in [-0.39, 0.29) is 42.5 Å². The SMILES string of the molecule is O=C1CC(=O)N(Cc2ccccc2OC(F)(F)F)C1. The molecule has 1 aromatic carbocycles. The molecule has 0 atom stereocenters. The van der Waals surface area contributed by atoms with Gasteiger partial charge in [0, 0.05) is 12.1 Å². The molecular weight excluding hydrogens is 263 g/mol. The van der Waals surface area contributed by atoms with Crippen molar-refractivity contribution in [2.75, 3.05) is 6.54 Å². The van der Waals surface area contributed by atoms with Crippen LogP contribution in [0.15, 0.2) is 24.3 Å². The number of amides is 1. The number of halogens is 3. The molecule has 0 N–H and O–H groups in total. The molecule has 0 unspecified atom stereocenters. The van der Waals surface area contributed by atoms with Crippen molar-refractivity contribution in [3.63, 3.8) is 0 Å². The molecule has 1 aromatic rings. The highest BCUT2D eigenvalue weighted by atomic mass is 19.4. The molecule has 0 radical (unpaired) electrons. The van der Waals surface area contributed by atoms with Gasteiger partial charge in [0.05, 0.1) is 13.0 Å². The van der Waals surface area contributed by atoms with Crippen molar-refractivity contribution in [2.24, 2.45) is 0 Å². The van der Waals surface area contributed by atoms with Gasteiger partial charge in [-0.25, -0.2) is 0 Å². The Kier molecular flexibility index (Phi) is 3.46. The summed E-state index contributed by atoms with van der Waals surface area (Å²) in [6.45, 7) is -0.143. The van der Waals surface area contributed by atoms with E-state index >= 15 is 0 Å². The van der Waals surface area contributed by atoms with Crippen LogP contribution >= 0.6 is 0 Å². The molecule has 1 amide bonds. The first-order valence-electron chi connectivity index (χ1n) is 5.48. The van der Waals surface area contributed by atoms with Crippen LogP contribution in [-0.2, 0) is 16.1 Å². The molecule has 2 rings (SSSR count). The van der Waals surface area contributed by atoms with E-state index in [1.807, 2.05) is 0 Å². The van der Waals surface area contributed by atoms with Crippen LogP contribution < -0.4 is 4.74 Å². The monoisotopic (exact) mass is 273 g/mol. The van der Waals surface area contributed by atoms with E-state index < -0.39 is 6.36 Å². The van der Waals surface area contributed by atoms with E-state index in [4.69, 9.17) is 0 Å². The molecule has 1 aliphatic rings. The largest absolute Gasteiger partial charge is 0.573 e. The zero-order chi connectivity index (χ0) is 14.0. The van der Waals surface area contributed by atoms with Gasteiger partial charge in [0.1, 0.15) is 5.75 Å². The zero-order valence-electron chi connectivity index (χ0n) is 9.74. The Morgan fingerprint density at radius 1 is 1.21 bits per heavy atom. The molecule has 0 aliphatic carbocycles. The van der Waals surface area contributed by atoms with Gasteiger partial charge in [-0.2, -0.15) is 0 Å². The van der Waals surface area contributed by atoms with Crippen molar-refractivity contribution in [1.82, 2.24) is 4.90 Å². The maximum Gasteiger partial charge on any atom is 0.573 e. The van der Waals surface area contributed by atoms with E-state index in [2.05, 4.69) is 4.74 Å². The van der Waals surface area contributed by atoms with Gasteiger partial charge in [0.2, 0.25) is 5.91 Å². The van der Waals surface area contributed by atoms with Crippen molar-refractivity contribution >= 4 is 11.7 Å². The van der Waals surface area contributed by atoms with E-state index in [0.717, 1.165) is 0 Å².